The van der Waals surface area contributed by atoms with Crippen LogP contribution in [-0.2, 0) is 21.5 Å². The monoisotopic (exact) mass is 291 g/mol. The van der Waals surface area contributed by atoms with E-state index >= 15 is 0 Å². The van der Waals surface area contributed by atoms with Gasteiger partial charge in [0.25, 0.3) is 0 Å². The van der Waals surface area contributed by atoms with Crippen molar-refractivity contribution in [2.75, 3.05) is 6.61 Å². The number of hydrogen-bond acceptors (Lipinski definition) is 3. The highest BCUT2D eigenvalue weighted by Crippen LogP contribution is 2.32. The molecule has 2 atom stereocenters. The molecule has 0 aromatic carbocycles. The summed E-state index contributed by atoms with van der Waals surface area (Å²) in [7, 11) is 0. The third kappa shape index (κ3) is 2.84. The van der Waals surface area contributed by atoms with E-state index in [-0.39, 0.29) is 23.6 Å². The van der Waals surface area contributed by atoms with Gasteiger partial charge in [0, 0.05) is 17.9 Å². The summed E-state index contributed by atoms with van der Waals surface area (Å²) in [6.45, 7) is 7.19. The Morgan fingerprint density at radius 1 is 1.38 bits per heavy atom. The van der Waals surface area contributed by atoms with Crippen molar-refractivity contribution in [3.8, 4) is 0 Å². The van der Waals surface area contributed by atoms with E-state index < -0.39 is 0 Å². The van der Waals surface area contributed by atoms with Crippen LogP contribution in [0.25, 0.3) is 0 Å². The van der Waals surface area contributed by atoms with Gasteiger partial charge in [0.15, 0.2) is 0 Å². The maximum atomic E-state index is 12.3. The molecular weight excluding hydrogens is 266 g/mol. The Kier molecular flexibility index (Phi) is 3.78. The Hall–Kier alpha value is -1.36. The van der Waals surface area contributed by atoms with Gasteiger partial charge in [0.2, 0.25) is 5.91 Å². The van der Waals surface area contributed by atoms with Crippen molar-refractivity contribution in [1.82, 2.24) is 15.1 Å². The van der Waals surface area contributed by atoms with Gasteiger partial charge in [-0.2, -0.15) is 5.10 Å². The number of carbonyl (C=O) groups is 1. The average Bonchev–Trinajstić information content (AvgIpc) is 3.07. The summed E-state index contributed by atoms with van der Waals surface area (Å²) < 4.78 is 7.57. The van der Waals surface area contributed by atoms with Gasteiger partial charge in [-0.15, -0.1) is 0 Å². The van der Waals surface area contributed by atoms with E-state index in [4.69, 9.17) is 4.74 Å². The number of fused-ring (bicyclic) bond motifs is 1. The third-order valence-corrected chi connectivity index (χ3v) is 4.36. The molecule has 1 aromatic rings. The molecule has 3 rings (SSSR count). The molecule has 0 bridgehead atoms. The van der Waals surface area contributed by atoms with E-state index in [1.54, 1.807) is 0 Å². The van der Waals surface area contributed by atoms with Crippen molar-refractivity contribution in [2.45, 2.75) is 70.6 Å². The van der Waals surface area contributed by atoms with Gasteiger partial charge in [-0.1, -0.05) is 0 Å². The SMILES string of the molecule is CC(C)(C)n1ncc2c1CCC[C@H]2NC(=O)[C@@H]1CCCO1. The van der Waals surface area contributed by atoms with E-state index in [9.17, 15) is 4.79 Å². The lowest BCUT2D eigenvalue weighted by Gasteiger charge is -2.28. The van der Waals surface area contributed by atoms with Crippen LogP contribution in [0.4, 0.5) is 0 Å². The van der Waals surface area contributed by atoms with Crippen LogP contribution >= 0.6 is 0 Å². The van der Waals surface area contributed by atoms with Gasteiger partial charge in [-0.3, -0.25) is 9.48 Å². The Morgan fingerprint density at radius 2 is 2.19 bits per heavy atom. The van der Waals surface area contributed by atoms with Crippen LogP contribution in [0.15, 0.2) is 6.20 Å². The fourth-order valence-electron chi connectivity index (χ4n) is 3.33. The minimum atomic E-state index is -0.256. The highest BCUT2D eigenvalue weighted by atomic mass is 16.5. The van der Waals surface area contributed by atoms with Crippen molar-refractivity contribution in [1.29, 1.82) is 0 Å². The van der Waals surface area contributed by atoms with E-state index in [1.165, 1.54) is 11.3 Å². The number of amides is 1. The first-order valence-electron chi connectivity index (χ1n) is 7.96. The topological polar surface area (TPSA) is 56.2 Å². The Morgan fingerprint density at radius 3 is 2.86 bits per heavy atom. The first kappa shape index (κ1) is 14.6. The van der Waals surface area contributed by atoms with Crippen LogP contribution < -0.4 is 5.32 Å². The standard InChI is InChI=1S/C16H25N3O2/c1-16(2,3)19-13-7-4-6-12(11(13)10-17-19)18-15(20)14-8-5-9-21-14/h10,12,14H,4-9H2,1-3H3,(H,18,20)/t12-,14+/m1/s1. The number of rotatable bonds is 2. The molecule has 5 heteroatoms. The van der Waals surface area contributed by atoms with E-state index in [1.807, 2.05) is 6.20 Å². The van der Waals surface area contributed by atoms with E-state index in [0.29, 0.717) is 6.61 Å². The summed E-state index contributed by atoms with van der Waals surface area (Å²) in [5.74, 6) is 0.0360. The van der Waals surface area contributed by atoms with Gasteiger partial charge in [-0.25, -0.2) is 0 Å². The fourth-order valence-corrected chi connectivity index (χ4v) is 3.33. The van der Waals surface area contributed by atoms with E-state index in [2.05, 4.69) is 35.9 Å². The number of hydrogen-bond donors (Lipinski definition) is 1. The van der Waals surface area contributed by atoms with Crippen LogP contribution in [0, 0.1) is 0 Å². The minimum Gasteiger partial charge on any atom is -0.368 e. The predicted octanol–water partition coefficient (Wildman–Crippen LogP) is 2.31. The lowest BCUT2D eigenvalue weighted by atomic mass is 9.92. The first-order chi connectivity index (χ1) is 9.97. The van der Waals surface area contributed by atoms with Crippen LogP contribution in [0.3, 0.4) is 0 Å². The molecule has 0 radical (unpaired) electrons. The maximum absolute atomic E-state index is 12.3. The lowest BCUT2D eigenvalue weighted by Crippen LogP contribution is -2.38. The molecule has 0 saturated carbocycles. The molecule has 21 heavy (non-hydrogen) atoms. The normalized spacial score (nSPS) is 25.7. The highest BCUT2D eigenvalue weighted by Gasteiger charge is 2.31. The number of aromatic nitrogens is 2. The molecule has 1 amide bonds. The summed E-state index contributed by atoms with van der Waals surface area (Å²) in [6.07, 6.45) is 6.61. The zero-order chi connectivity index (χ0) is 15.0. The molecule has 1 saturated heterocycles. The number of carbonyl (C=O) groups excluding carboxylic acids is 1. The van der Waals surface area contributed by atoms with E-state index in [0.717, 1.165) is 32.1 Å². The molecule has 5 nitrogen and oxygen atoms in total. The summed E-state index contributed by atoms with van der Waals surface area (Å²) >= 11 is 0. The molecule has 2 heterocycles. The quantitative estimate of drug-likeness (QED) is 0.909. The molecular formula is C16H25N3O2. The molecule has 1 aliphatic heterocycles. The van der Waals surface area contributed by atoms with Crippen molar-refractivity contribution < 1.29 is 9.53 Å². The molecule has 1 fully saturated rings. The largest absolute Gasteiger partial charge is 0.368 e. The Bertz CT molecular complexity index is 524. The van der Waals surface area contributed by atoms with Crippen molar-refractivity contribution in [3.05, 3.63) is 17.5 Å². The Labute approximate surface area is 126 Å². The van der Waals surface area contributed by atoms with Gasteiger partial charge in [0.05, 0.1) is 17.8 Å². The molecule has 1 aromatic heterocycles. The van der Waals surface area contributed by atoms with Gasteiger partial charge < -0.3 is 10.1 Å². The van der Waals surface area contributed by atoms with Crippen LogP contribution in [0.1, 0.15) is 63.8 Å². The number of nitrogens with zero attached hydrogens (tertiary/aromatic N) is 2. The van der Waals surface area contributed by atoms with Gasteiger partial charge in [0.1, 0.15) is 6.10 Å². The highest BCUT2D eigenvalue weighted by molar-refractivity contribution is 5.81. The first-order valence-corrected chi connectivity index (χ1v) is 7.96. The molecule has 116 valence electrons. The molecule has 2 aliphatic rings. The summed E-state index contributed by atoms with van der Waals surface area (Å²) in [4.78, 5) is 12.3. The molecule has 1 aliphatic carbocycles. The summed E-state index contributed by atoms with van der Waals surface area (Å²) in [5.41, 5.74) is 2.43. The Balaban J connectivity index is 1.78. The summed E-state index contributed by atoms with van der Waals surface area (Å²) in [6, 6.07) is 0.0848. The lowest BCUT2D eigenvalue weighted by molar-refractivity contribution is -0.130. The second kappa shape index (κ2) is 5.44. The molecule has 0 unspecified atom stereocenters. The van der Waals surface area contributed by atoms with Gasteiger partial charge >= 0.3 is 0 Å². The maximum Gasteiger partial charge on any atom is 0.249 e. The van der Waals surface area contributed by atoms with Gasteiger partial charge in [-0.05, 0) is 52.9 Å². The van der Waals surface area contributed by atoms with Crippen molar-refractivity contribution in [2.24, 2.45) is 0 Å². The average molecular weight is 291 g/mol. The second-order valence-electron chi connectivity index (χ2n) is 7.08. The zero-order valence-electron chi connectivity index (χ0n) is 13.2. The predicted molar refractivity (Wildman–Crippen MR) is 80.0 cm³/mol. The van der Waals surface area contributed by atoms with Crippen molar-refractivity contribution >= 4 is 5.91 Å². The number of nitrogens with one attached hydrogen (secondary N) is 1. The third-order valence-electron chi connectivity index (χ3n) is 4.36. The smallest absolute Gasteiger partial charge is 0.249 e. The van der Waals surface area contributed by atoms with Crippen LogP contribution in [-0.4, -0.2) is 28.4 Å². The molecule has 1 N–H and O–H groups in total. The zero-order valence-corrected chi connectivity index (χ0v) is 13.2. The van der Waals surface area contributed by atoms with Crippen LogP contribution in [0.5, 0.6) is 0 Å². The van der Waals surface area contributed by atoms with Crippen LogP contribution in [0.2, 0.25) is 0 Å². The van der Waals surface area contributed by atoms with Crippen molar-refractivity contribution in [3.63, 3.8) is 0 Å². The number of ether oxygens (including phenoxy) is 1. The minimum absolute atomic E-state index is 0.0198. The summed E-state index contributed by atoms with van der Waals surface area (Å²) in [5, 5.41) is 7.72. The molecule has 0 spiro atoms. The fraction of sp³-hybridized carbons (Fsp3) is 0.750. The second-order valence-corrected chi connectivity index (χ2v) is 7.08.